The van der Waals surface area contributed by atoms with Crippen LogP contribution in [0.4, 0.5) is 5.69 Å². The monoisotopic (exact) mass is 430 g/mol. The van der Waals surface area contributed by atoms with E-state index >= 15 is 0 Å². The summed E-state index contributed by atoms with van der Waals surface area (Å²) in [6, 6.07) is 15.5. The molecule has 2 aromatic carbocycles. The predicted octanol–water partition coefficient (Wildman–Crippen LogP) is 6.76. The number of hydrogen-bond donors (Lipinski definition) is 1. The maximum atomic E-state index is 12.5. The van der Waals surface area contributed by atoms with Crippen molar-refractivity contribution in [3.63, 3.8) is 0 Å². The summed E-state index contributed by atoms with van der Waals surface area (Å²) >= 11 is 18.2. The summed E-state index contributed by atoms with van der Waals surface area (Å²) in [5.41, 5.74) is 1.86. The SMILES string of the molecule is Cc1ccc(Cl)cc1NC(=O)/C(C#N)=C/c1ccc(-c2cccc(Cl)c2Cl)o1. The molecule has 0 aliphatic heterocycles. The average Bonchev–Trinajstić information content (AvgIpc) is 3.13. The Hall–Kier alpha value is -2.71. The molecule has 0 bridgehead atoms. The lowest BCUT2D eigenvalue weighted by Crippen LogP contribution is -2.14. The minimum absolute atomic E-state index is 0.113. The molecule has 140 valence electrons. The second kappa shape index (κ2) is 8.53. The normalized spacial score (nSPS) is 11.2. The van der Waals surface area contributed by atoms with Gasteiger partial charge < -0.3 is 9.73 Å². The van der Waals surface area contributed by atoms with Crippen molar-refractivity contribution in [1.29, 1.82) is 5.26 Å². The second-order valence-corrected chi connectivity index (χ2v) is 7.11. The van der Waals surface area contributed by atoms with Crippen LogP contribution < -0.4 is 5.32 Å². The molecule has 0 saturated carbocycles. The highest BCUT2D eigenvalue weighted by atomic mass is 35.5. The van der Waals surface area contributed by atoms with Crippen molar-refractivity contribution in [1.82, 2.24) is 0 Å². The van der Waals surface area contributed by atoms with Gasteiger partial charge in [0.2, 0.25) is 0 Å². The first-order valence-electron chi connectivity index (χ1n) is 8.12. The Labute approximate surface area is 176 Å². The molecule has 0 atom stereocenters. The number of nitriles is 1. The zero-order valence-electron chi connectivity index (χ0n) is 14.6. The Balaban J connectivity index is 1.86. The molecule has 0 radical (unpaired) electrons. The van der Waals surface area contributed by atoms with E-state index in [9.17, 15) is 10.1 Å². The number of furan rings is 1. The van der Waals surface area contributed by atoms with E-state index in [0.29, 0.717) is 37.8 Å². The molecule has 1 N–H and O–H groups in total. The van der Waals surface area contributed by atoms with Crippen molar-refractivity contribution in [2.75, 3.05) is 5.32 Å². The van der Waals surface area contributed by atoms with Crippen molar-refractivity contribution < 1.29 is 9.21 Å². The molecule has 28 heavy (non-hydrogen) atoms. The summed E-state index contributed by atoms with van der Waals surface area (Å²) in [4.78, 5) is 12.5. The summed E-state index contributed by atoms with van der Waals surface area (Å²) in [6.07, 6.45) is 1.36. The first-order valence-corrected chi connectivity index (χ1v) is 9.26. The first kappa shape index (κ1) is 20.0. The van der Waals surface area contributed by atoms with Crippen molar-refractivity contribution in [2.45, 2.75) is 6.92 Å². The number of benzene rings is 2. The van der Waals surface area contributed by atoms with E-state index in [0.717, 1.165) is 5.56 Å². The van der Waals surface area contributed by atoms with Crippen LogP contribution in [0.5, 0.6) is 0 Å². The molecular formula is C21H13Cl3N2O2. The molecule has 1 aromatic heterocycles. The topological polar surface area (TPSA) is 66.0 Å². The lowest BCUT2D eigenvalue weighted by Gasteiger charge is -2.08. The number of anilines is 1. The maximum Gasteiger partial charge on any atom is 0.266 e. The molecule has 0 saturated heterocycles. The molecular weight excluding hydrogens is 419 g/mol. The van der Waals surface area contributed by atoms with Gasteiger partial charge in [-0.2, -0.15) is 5.26 Å². The molecule has 3 aromatic rings. The van der Waals surface area contributed by atoms with E-state index in [1.54, 1.807) is 48.5 Å². The van der Waals surface area contributed by atoms with E-state index in [1.165, 1.54) is 6.08 Å². The Morgan fingerprint density at radius 3 is 2.68 bits per heavy atom. The number of rotatable bonds is 4. The molecule has 3 rings (SSSR count). The van der Waals surface area contributed by atoms with Gasteiger partial charge in [-0.1, -0.05) is 46.9 Å². The molecule has 1 amide bonds. The zero-order valence-corrected chi connectivity index (χ0v) is 16.9. The Kier molecular flexibility index (Phi) is 6.11. The van der Waals surface area contributed by atoms with Gasteiger partial charge in [0.15, 0.2) is 0 Å². The Morgan fingerprint density at radius 1 is 1.14 bits per heavy atom. The van der Waals surface area contributed by atoms with Gasteiger partial charge in [0, 0.05) is 22.3 Å². The van der Waals surface area contributed by atoms with Gasteiger partial charge in [-0.05, 0) is 48.9 Å². The second-order valence-electron chi connectivity index (χ2n) is 5.89. The van der Waals surface area contributed by atoms with Gasteiger partial charge >= 0.3 is 0 Å². The largest absolute Gasteiger partial charge is 0.457 e. The van der Waals surface area contributed by atoms with Gasteiger partial charge in [-0.25, -0.2) is 0 Å². The average molecular weight is 432 g/mol. The van der Waals surface area contributed by atoms with Crippen LogP contribution in [0.15, 0.2) is 58.5 Å². The van der Waals surface area contributed by atoms with Gasteiger partial charge in [-0.3, -0.25) is 4.79 Å². The highest BCUT2D eigenvalue weighted by Crippen LogP contribution is 2.34. The number of nitrogens with one attached hydrogen (secondary N) is 1. The van der Waals surface area contributed by atoms with Crippen LogP contribution in [-0.2, 0) is 4.79 Å². The fraction of sp³-hybridized carbons (Fsp3) is 0.0476. The molecule has 1 heterocycles. The van der Waals surface area contributed by atoms with E-state index in [-0.39, 0.29) is 5.57 Å². The third-order valence-electron chi connectivity index (χ3n) is 3.94. The number of carbonyl (C=O) groups is 1. The summed E-state index contributed by atoms with van der Waals surface area (Å²) in [5, 5.41) is 13.3. The summed E-state index contributed by atoms with van der Waals surface area (Å²) in [5.74, 6) is 0.245. The highest BCUT2D eigenvalue weighted by molar-refractivity contribution is 6.43. The minimum atomic E-state index is -0.563. The fourth-order valence-corrected chi connectivity index (χ4v) is 3.04. The van der Waals surface area contributed by atoms with E-state index < -0.39 is 5.91 Å². The van der Waals surface area contributed by atoms with Crippen molar-refractivity contribution in [2.24, 2.45) is 0 Å². The van der Waals surface area contributed by atoms with Crippen LogP contribution in [0.2, 0.25) is 15.1 Å². The van der Waals surface area contributed by atoms with E-state index in [2.05, 4.69) is 5.32 Å². The van der Waals surface area contributed by atoms with Crippen LogP contribution in [0.25, 0.3) is 17.4 Å². The van der Waals surface area contributed by atoms with Crippen LogP contribution >= 0.6 is 34.8 Å². The van der Waals surface area contributed by atoms with Crippen LogP contribution in [0.3, 0.4) is 0 Å². The fourth-order valence-electron chi connectivity index (χ4n) is 2.48. The molecule has 7 heteroatoms. The van der Waals surface area contributed by atoms with Crippen molar-refractivity contribution in [3.8, 4) is 17.4 Å². The van der Waals surface area contributed by atoms with Crippen LogP contribution in [-0.4, -0.2) is 5.91 Å². The summed E-state index contributed by atoms with van der Waals surface area (Å²) in [6.45, 7) is 1.83. The van der Waals surface area contributed by atoms with E-state index in [1.807, 2.05) is 13.0 Å². The lowest BCUT2D eigenvalue weighted by atomic mass is 10.1. The quantitative estimate of drug-likeness (QED) is 0.366. The Bertz CT molecular complexity index is 1130. The van der Waals surface area contributed by atoms with E-state index in [4.69, 9.17) is 39.2 Å². The van der Waals surface area contributed by atoms with Gasteiger partial charge in [0.1, 0.15) is 23.2 Å². The van der Waals surface area contributed by atoms with Crippen LogP contribution in [0.1, 0.15) is 11.3 Å². The number of carbonyl (C=O) groups excluding carboxylic acids is 1. The molecule has 0 spiro atoms. The molecule has 0 fully saturated rings. The van der Waals surface area contributed by atoms with Crippen molar-refractivity contribution in [3.05, 3.63) is 80.5 Å². The van der Waals surface area contributed by atoms with Gasteiger partial charge in [0.25, 0.3) is 5.91 Å². The predicted molar refractivity (Wildman–Crippen MR) is 113 cm³/mol. The zero-order chi connectivity index (χ0) is 20.3. The first-order chi connectivity index (χ1) is 13.4. The minimum Gasteiger partial charge on any atom is -0.457 e. The highest BCUT2D eigenvalue weighted by Gasteiger charge is 2.14. The van der Waals surface area contributed by atoms with Gasteiger partial charge in [-0.15, -0.1) is 0 Å². The summed E-state index contributed by atoms with van der Waals surface area (Å²) in [7, 11) is 0. The molecule has 0 aliphatic carbocycles. The maximum absolute atomic E-state index is 12.5. The standard InChI is InChI=1S/C21H13Cl3N2O2/c1-12-5-6-14(22)10-18(12)26-21(27)13(11-25)9-15-7-8-19(28-15)16-3-2-4-17(23)20(16)24/h2-10H,1H3,(H,26,27)/b13-9+. The molecule has 0 aliphatic rings. The number of nitrogens with zero attached hydrogens (tertiary/aromatic N) is 1. The third-order valence-corrected chi connectivity index (χ3v) is 5.00. The third kappa shape index (κ3) is 4.40. The van der Waals surface area contributed by atoms with Crippen LogP contribution in [0, 0.1) is 18.3 Å². The molecule has 4 nitrogen and oxygen atoms in total. The number of aryl methyl sites for hydroxylation is 1. The molecule has 0 unspecified atom stereocenters. The number of halogens is 3. The van der Waals surface area contributed by atoms with Crippen molar-refractivity contribution >= 4 is 52.5 Å². The smallest absolute Gasteiger partial charge is 0.266 e. The number of amides is 1. The number of hydrogen-bond acceptors (Lipinski definition) is 3. The van der Waals surface area contributed by atoms with Gasteiger partial charge in [0.05, 0.1) is 10.0 Å². The Morgan fingerprint density at radius 2 is 1.93 bits per heavy atom. The lowest BCUT2D eigenvalue weighted by molar-refractivity contribution is -0.112. The summed E-state index contributed by atoms with van der Waals surface area (Å²) < 4.78 is 5.71.